The summed E-state index contributed by atoms with van der Waals surface area (Å²) < 4.78 is 0. The highest BCUT2D eigenvalue weighted by atomic mass is 32.2. The number of piperazine rings is 1. The number of rotatable bonds is 1. The first-order valence-corrected chi connectivity index (χ1v) is 9.49. The van der Waals surface area contributed by atoms with Gasteiger partial charge in [0.05, 0.1) is 0 Å². The highest BCUT2D eigenvalue weighted by molar-refractivity contribution is 8.00. The van der Waals surface area contributed by atoms with Crippen LogP contribution in [0.15, 0.2) is 0 Å². The molecule has 4 N–H and O–H groups in total. The van der Waals surface area contributed by atoms with E-state index in [1.807, 2.05) is 0 Å². The fourth-order valence-electron chi connectivity index (χ4n) is 3.57. The molecule has 3 amide bonds. The molecule has 6 atom stereocenters. The smallest absolute Gasteiger partial charge is 0.255 e. The second-order valence-corrected chi connectivity index (χ2v) is 7.88. The van der Waals surface area contributed by atoms with Crippen molar-refractivity contribution in [3.8, 4) is 0 Å². The van der Waals surface area contributed by atoms with Crippen LogP contribution in [-0.4, -0.2) is 121 Å². The van der Waals surface area contributed by atoms with Crippen molar-refractivity contribution in [1.29, 1.82) is 0 Å². The van der Waals surface area contributed by atoms with E-state index in [4.69, 9.17) is 0 Å². The molecule has 0 bridgehead atoms. The summed E-state index contributed by atoms with van der Waals surface area (Å²) in [7, 11) is 0. The zero-order valence-corrected chi connectivity index (χ0v) is 15.1. The largest absolute Gasteiger partial charge is 0.387 e. The minimum absolute atomic E-state index is 0.0644. The van der Waals surface area contributed by atoms with Crippen molar-refractivity contribution in [1.82, 2.24) is 14.7 Å². The summed E-state index contributed by atoms with van der Waals surface area (Å²) in [4.78, 5) is 41.1. The molecule has 10 nitrogen and oxygen atoms in total. The maximum absolute atomic E-state index is 12.9. The Hall–Kier alpha value is -1.40. The molecule has 3 fully saturated rings. The van der Waals surface area contributed by atoms with Crippen molar-refractivity contribution in [3.05, 3.63) is 0 Å². The van der Waals surface area contributed by atoms with E-state index < -0.39 is 41.7 Å². The number of amides is 3. The number of fused-ring (bicyclic) bond motifs is 1. The van der Waals surface area contributed by atoms with Crippen molar-refractivity contribution in [2.75, 3.05) is 31.9 Å². The molecule has 26 heavy (non-hydrogen) atoms. The van der Waals surface area contributed by atoms with Gasteiger partial charge in [0.2, 0.25) is 11.8 Å². The van der Waals surface area contributed by atoms with Gasteiger partial charge < -0.3 is 35.1 Å². The summed E-state index contributed by atoms with van der Waals surface area (Å²) in [5.41, 5.74) is 0. The highest BCUT2D eigenvalue weighted by Crippen LogP contribution is 2.37. The molecule has 0 aromatic carbocycles. The van der Waals surface area contributed by atoms with Crippen LogP contribution in [0, 0.1) is 0 Å². The number of carbonyl (C=O) groups is 3. The molecule has 0 unspecified atom stereocenters. The lowest BCUT2D eigenvalue weighted by Gasteiger charge is -2.37. The van der Waals surface area contributed by atoms with Gasteiger partial charge in [-0.1, -0.05) is 0 Å². The standard InChI is InChI=1S/C15H23N3O7S/c1-7(19)16-2-4-17(5-3-16)13(24)8-6-26-15-12(23)10(21)9(20)11(22)14(25)18(8)15/h8-12,15,20-23H,2-6H2,1H3/t8-,9-,10-,11-,12+,15+/m0/s1. The predicted octanol–water partition coefficient (Wildman–Crippen LogP) is -3.60. The molecule has 146 valence electrons. The lowest BCUT2D eigenvalue weighted by Crippen LogP contribution is -2.58. The van der Waals surface area contributed by atoms with E-state index in [9.17, 15) is 34.8 Å². The van der Waals surface area contributed by atoms with Gasteiger partial charge in [0.25, 0.3) is 5.91 Å². The van der Waals surface area contributed by atoms with Crippen molar-refractivity contribution >= 4 is 29.5 Å². The van der Waals surface area contributed by atoms with Crippen LogP contribution in [0.1, 0.15) is 6.92 Å². The van der Waals surface area contributed by atoms with Gasteiger partial charge in [-0.25, -0.2) is 0 Å². The van der Waals surface area contributed by atoms with Gasteiger partial charge in [-0.05, 0) is 0 Å². The van der Waals surface area contributed by atoms with Gasteiger partial charge in [0.15, 0.2) is 6.10 Å². The molecule has 0 saturated carbocycles. The van der Waals surface area contributed by atoms with Gasteiger partial charge in [-0.3, -0.25) is 14.4 Å². The number of thioether (sulfide) groups is 1. The van der Waals surface area contributed by atoms with Crippen LogP contribution in [0.25, 0.3) is 0 Å². The molecule has 3 heterocycles. The maximum atomic E-state index is 12.9. The van der Waals surface area contributed by atoms with Crippen LogP contribution < -0.4 is 0 Å². The van der Waals surface area contributed by atoms with Crippen molar-refractivity contribution in [2.45, 2.75) is 42.8 Å². The fourth-order valence-corrected chi connectivity index (χ4v) is 5.02. The Morgan fingerprint density at radius 3 is 2.12 bits per heavy atom. The van der Waals surface area contributed by atoms with Crippen LogP contribution in [-0.2, 0) is 14.4 Å². The minimum Gasteiger partial charge on any atom is -0.387 e. The van der Waals surface area contributed by atoms with E-state index in [0.29, 0.717) is 26.2 Å². The van der Waals surface area contributed by atoms with Crippen molar-refractivity contribution < 1.29 is 34.8 Å². The summed E-state index contributed by atoms with van der Waals surface area (Å²) in [5.74, 6) is -1.06. The summed E-state index contributed by atoms with van der Waals surface area (Å²) in [6.45, 7) is 2.94. The Morgan fingerprint density at radius 2 is 1.54 bits per heavy atom. The Morgan fingerprint density at radius 1 is 0.962 bits per heavy atom. The van der Waals surface area contributed by atoms with Crippen LogP contribution in [0.4, 0.5) is 0 Å². The topological polar surface area (TPSA) is 142 Å². The second kappa shape index (κ2) is 7.31. The third kappa shape index (κ3) is 3.18. The van der Waals surface area contributed by atoms with Crippen molar-refractivity contribution in [3.63, 3.8) is 0 Å². The van der Waals surface area contributed by atoms with E-state index >= 15 is 0 Å². The first-order valence-electron chi connectivity index (χ1n) is 8.44. The third-order valence-electron chi connectivity index (χ3n) is 5.18. The number of hydrogen-bond acceptors (Lipinski definition) is 8. The molecule has 3 saturated heterocycles. The average Bonchev–Trinajstić information content (AvgIpc) is 3.07. The van der Waals surface area contributed by atoms with E-state index in [1.165, 1.54) is 6.92 Å². The summed E-state index contributed by atoms with van der Waals surface area (Å²) >= 11 is 1.13. The second-order valence-electron chi connectivity index (χ2n) is 6.73. The van der Waals surface area contributed by atoms with Gasteiger partial charge in [-0.2, -0.15) is 0 Å². The lowest BCUT2D eigenvalue weighted by molar-refractivity contribution is -0.154. The normalized spacial score (nSPS) is 38.2. The van der Waals surface area contributed by atoms with E-state index in [1.54, 1.807) is 9.80 Å². The summed E-state index contributed by atoms with van der Waals surface area (Å²) in [6.07, 6.45) is -6.90. The zero-order chi connectivity index (χ0) is 19.2. The van der Waals surface area contributed by atoms with Crippen LogP contribution >= 0.6 is 11.8 Å². The molecule has 11 heteroatoms. The third-order valence-corrected chi connectivity index (χ3v) is 6.54. The molecule has 0 radical (unpaired) electrons. The number of aliphatic hydroxyl groups excluding tert-OH is 4. The minimum atomic E-state index is -1.91. The Labute approximate surface area is 154 Å². The summed E-state index contributed by atoms with van der Waals surface area (Å²) in [5, 5.41) is 39.1. The summed E-state index contributed by atoms with van der Waals surface area (Å²) in [6, 6.07) is -0.900. The molecule has 0 aromatic heterocycles. The Bertz CT molecular complexity index is 598. The molecule has 3 aliphatic heterocycles. The first-order chi connectivity index (χ1) is 12.2. The van der Waals surface area contributed by atoms with E-state index in [2.05, 4.69) is 0 Å². The van der Waals surface area contributed by atoms with Gasteiger partial charge in [0, 0.05) is 38.9 Å². The van der Waals surface area contributed by atoms with Gasteiger partial charge in [0.1, 0.15) is 29.7 Å². The quantitative estimate of drug-likeness (QED) is 0.360. The van der Waals surface area contributed by atoms with Crippen LogP contribution in [0.2, 0.25) is 0 Å². The molecule has 3 rings (SSSR count). The van der Waals surface area contributed by atoms with E-state index in [0.717, 1.165) is 16.7 Å². The highest BCUT2D eigenvalue weighted by Gasteiger charge is 2.54. The fraction of sp³-hybridized carbons (Fsp3) is 0.800. The molecule has 0 spiro atoms. The predicted molar refractivity (Wildman–Crippen MR) is 89.7 cm³/mol. The van der Waals surface area contributed by atoms with Gasteiger partial charge >= 0.3 is 0 Å². The Kier molecular flexibility index (Phi) is 5.45. The maximum Gasteiger partial charge on any atom is 0.255 e. The van der Waals surface area contributed by atoms with Crippen LogP contribution in [0.5, 0.6) is 0 Å². The molecule has 3 aliphatic rings. The average molecular weight is 389 g/mol. The van der Waals surface area contributed by atoms with E-state index in [-0.39, 0.29) is 17.6 Å². The first kappa shape index (κ1) is 19.4. The molecular formula is C15H23N3O7S. The molecule has 0 aromatic rings. The monoisotopic (exact) mass is 389 g/mol. The lowest BCUT2D eigenvalue weighted by atomic mass is 10.1. The number of hydrogen-bond donors (Lipinski definition) is 4. The number of nitrogens with zero attached hydrogens (tertiary/aromatic N) is 3. The van der Waals surface area contributed by atoms with Crippen LogP contribution in [0.3, 0.4) is 0 Å². The van der Waals surface area contributed by atoms with Gasteiger partial charge in [-0.15, -0.1) is 11.8 Å². The number of aliphatic hydroxyl groups is 4. The molecular weight excluding hydrogens is 366 g/mol. The SMILES string of the molecule is CC(=O)N1CCN(C(=O)[C@@H]2CS[C@@H]3[C@H](O)[C@@H](O)[C@H](O)[C@H](O)C(=O)N32)CC1. The zero-order valence-electron chi connectivity index (χ0n) is 14.3. The Balaban J connectivity index is 1.76. The number of carbonyl (C=O) groups excluding carboxylic acids is 3. The van der Waals surface area contributed by atoms with Crippen molar-refractivity contribution in [2.24, 2.45) is 0 Å². The molecule has 0 aliphatic carbocycles.